The van der Waals surface area contributed by atoms with Gasteiger partial charge in [0.2, 0.25) is 10.0 Å². The molecule has 6 nitrogen and oxygen atoms in total. The molecule has 1 aliphatic heterocycles. The van der Waals surface area contributed by atoms with E-state index >= 15 is 0 Å². The first kappa shape index (κ1) is 20.9. The second-order valence-corrected chi connectivity index (χ2v) is 8.47. The Balaban J connectivity index is 2.17. The molecule has 1 aliphatic rings. The van der Waals surface area contributed by atoms with E-state index in [2.05, 4.69) is 0 Å². The molecule has 1 atom stereocenters. The van der Waals surface area contributed by atoms with Crippen molar-refractivity contribution in [3.8, 4) is 0 Å². The number of carbonyl (C=O) groups is 1. The van der Waals surface area contributed by atoms with Crippen LogP contribution in [0.2, 0.25) is 0 Å². The van der Waals surface area contributed by atoms with Gasteiger partial charge in [-0.2, -0.15) is 4.31 Å². The number of amides is 1. The maximum absolute atomic E-state index is 12.9. The molecular formula is C19H30N2O4S. The first-order chi connectivity index (χ1) is 12.4. The Bertz CT molecular complexity index is 701. The number of sulfonamides is 1. The lowest BCUT2D eigenvalue weighted by molar-refractivity contribution is 0.0501. The summed E-state index contributed by atoms with van der Waals surface area (Å²) in [5.41, 5.74) is 0.426. The molecule has 0 aliphatic carbocycles. The summed E-state index contributed by atoms with van der Waals surface area (Å²) in [6.45, 7) is 9.09. The lowest BCUT2D eigenvalue weighted by Gasteiger charge is -2.32. The van der Waals surface area contributed by atoms with Crippen LogP contribution < -0.4 is 0 Å². The van der Waals surface area contributed by atoms with Crippen LogP contribution in [0.15, 0.2) is 29.2 Å². The van der Waals surface area contributed by atoms with E-state index in [1.807, 2.05) is 25.7 Å². The molecule has 0 saturated carbocycles. The second-order valence-electron chi connectivity index (χ2n) is 6.54. The van der Waals surface area contributed by atoms with Gasteiger partial charge in [0.1, 0.15) is 0 Å². The molecule has 7 heteroatoms. The molecule has 0 aromatic heterocycles. The fraction of sp³-hybridized carbons (Fsp3) is 0.632. The van der Waals surface area contributed by atoms with Gasteiger partial charge in [-0.05, 0) is 43.9 Å². The van der Waals surface area contributed by atoms with Crippen LogP contribution in [0.5, 0.6) is 0 Å². The zero-order valence-electron chi connectivity index (χ0n) is 16.0. The van der Waals surface area contributed by atoms with E-state index in [-0.39, 0.29) is 10.8 Å². The minimum atomic E-state index is -3.57. The van der Waals surface area contributed by atoms with Crippen molar-refractivity contribution in [1.82, 2.24) is 9.21 Å². The number of ether oxygens (including phenoxy) is 1. The van der Waals surface area contributed by atoms with Crippen LogP contribution in [0.25, 0.3) is 0 Å². The number of carbonyl (C=O) groups excluding carboxylic acids is 1. The Morgan fingerprint density at radius 1 is 1.27 bits per heavy atom. The summed E-state index contributed by atoms with van der Waals surface area (Å²) in [5.74, 6) is 0.234. The molecule has 1 heterocycles. The van der Waals surface area contributed by atoms with E-state index < -0.39 is 10.0 Å². The summed E-state index contributed by atoms with van der Waals surface area (Å²) in [6.07, 6.45) is 2.00. The third-order valence-electron chi connectivity index (χ3n) is 4.79. The van der Waals surface area contributed by atoms with Crippen molar-refractivity contribution in [2.24, 2.45) is 5.92 Å². The Kier molecular flexibility index (Phi) is 7.61. The summed E-state index contributed by atoms with van der Waals surface area (Å²) in [4.78, 5) is 14.9. The van der Waals surface area contributed by atoms with E-state index in [1.54, 1.807) is 18.2 Å². The van der Waals surface area contributed by atoms with Gasteiger partial charge in [-0.1, -0.05) is 19.9 Å². The highest BCUT2D eigenvalue weighted by Gasteiger charge is 2.27. The van der Waals surface area contributed by atoms with Gasteiger partial charge in [-0.3, -0.25) is 4.79 Å². The van der Waals surface area contributed by atoms with Crippen LogP contribution in [0.4, 0.5) is 0 Å². The highest BCUT2D eigenvalue weighted by atomic mass is 32.2. The average Bonchev–Trinajstić information content (AvgIpc) is 2.67. The lowest BCUT2D eigenvalue weighted by atomic mass is 9.98. The molecule has 0 unspecified atom stereocenters. The summed E-state index contributed by atoms with van der Waals surface area (Å²) < 4.78 is 32.3. The van der Waals surface area contributed by atoms with E-state index in [1.165, 1.54) is 10.4 Å². The molecule has 1 saturated heterocycles. The van der Waals surface area contributed by atoms with Crippen molar-refractivity contribution in [2.45, 2.75) is 38.5 Å². The number of nitrogens with zero attached hydrogens (tertiary/aromatic N) is 2. The number of rotatable bonds is 8. The summed E-state index contributed by atoms with van der Waals surface area (Å²) in [6, 6.07) is 6.39. The summed E-state index contributed by atoms with van der Waals surface area (Å²) in [7, 11) is -3.57. The first-order valence-electron chi connectivity index (χ1n) is 9.41. The molecule has 1 aromatic rings. The van der Waals surface area contributed by atoms with Crippen molar-refractivity contribution < 1.29 is 17.9 Å². The zero-order chi connectivity index (χ0) is 19.2. The largest absolute Gasteiger partial charge is 0.381 e. The van der Waals surface area contributed by atoms with Gasteiger partial charge < -0.3 is 9.64 Å². The molecule has 146 valence electrons. The Labute approximate surface area is 157 Å². The van der Waals surface area contributed by atoms with Gasteiger partial charge in [-0.25, -0.2) is 8.42 Å². The van der Waals surface area contributed by atoms with Crippen molar-refractivity contribution >= 4 is 15.9 Å². The maximum atomic E-state index is 12.9. The van der Waals surface area contributed by atoms with E-state index in [4.69, 9.17) is 4.74 Å². The maximum Gasteiger partial charge on any atom is 0.253 e. The number of hydrogen-bond donors (Lipinski definition) is 0. The SMILES string of the molecule is CCOC[C@H]1CCCN(C(=O)c2cccc(S(=O)(=O)N(CC)CC)c2)C1. The van der Waals surface area contributed by atoms with Crippen molar-refractivity contribution in [3.05, 3.63) is 29.8 Å². The number of hydrogen-bond acceptors (Lipinski definition) is 4. The number of piperidine rings is 1. The van der Waals surface area contributed by atoms with Crippen molar-refractivity contribution in [3.63, 3.8) is 0 Å². The van der Waals surface area contributed by atoms with Gasteiger partial charge in [0.25, 0.3) is 5.91 Å². The third kappa shape index (κ3) is 4.84. The Morgan fingerprint density at radius 3 is 2.65 bits per heavy atom. The molecule has 1 fully saturated rings. The molecule has 2 rings (SSSR count). The minimum Gasteiger partial charge on any atom is -0.381 e. The van der Waals surface area contributed by atoms with Crippen LogP contribution in [-0.2, 0) is 14.8 Å². The van der Waals surface area contributed by atoms with Crippen LogP contribution in [0.3, 0.4) is 0 Å². The third-order valence-corrected chi connectivity index (χ3v) is 6.83. The van der Waals surface area contributed by atoms with Gasteiger partial charge in [0, 0.05) is 38.3 Å². The van der Waals surface area contributed by atoms with Gasteiger partial charge in [-0.15, -0.1) is 0 Å². The van der Waals surface area contributed by atoms with Crippen molar-refractivity contribution in [2.75, 3.05) is 39.4 Å². The fourth-order valence-corrected chi connectivity index (χ4v) is 4.86. The fourth-order valence-electron chi connectivity index (χ4n) is 3.35. The molecule has 0 spiro atoms. The predicted octanol–water partition coefficient (Wildman–Crippen LogP) is 2.61. The smallest absolute Gasteiger partial charge is 0.253 e. The summed E-state index contributed by atoms with van der Waals surface area (Å²) >= 11 is 0. The van der Waals surface area contributed by atoms with E-state index in [0.717, 1.165) is 12.8 Å². The molecule has 1 amide bonds. The monoisotopic (exact) mass is 382 g/mol. The van der Waals surface area contributed by atoms with Crippen molar-refractivity contribution in [1.29, 1.82) is 0 Å². The molecule has 0 radical (unpaired) electrons. The van der Waals surface area contributed by atoms with Crippen LogP contribution >= 0.6 is 0 Å². The van der Waals surface area contributed by atoms with Crippen LogP contribution in [-0.4, -0.2) is 62.9 Å². The average molecular weight is 383 g/mol. The molecule has 0 N–H and O–H groups in total. The van der Waals surface area contributed by atoms with E-state index in [0.29, 0.717) is 50.9 Å². The molecular weight excluding hydrogens is 352 g/mol. The molecule has 1 aromatic carbocycles. The molecule has 0 bridgehead atoms. The normalized spacial score (nSPS) is 18.3. The Hall–Kier alpha value is -1.44. The van der Waals surface area contributed by atoms with Crippen LogP contribution in [0, 0.1) is 5.92 Å². The standard InChI is InChI=1S/C19H30N2O4S/c1-4-21(5-2)26(23,24)18-11-7-10-17(13-18)19(22)20-12-8-9-16(14-20)15-25-6-3/h7,10-11,13,16H,4-6,8-9,12,14-15H2,1-3H3/t16-/m0/s1. The Morgan fingerprint density at radius 2 is 2.00 bits per heavy atom. The lowest BCUT2D eigenvalue weighted by Crippen LogP contribution is -2.41. The second kappa shape index (κ2) is 9.48. The highest BCUT2D eigenvalue weighted by Crippen LogP contribution is 2.21. The highest BCUT2D eigenvalue weighted by molar-refractivity contribution is 7.89. The van der Waals surface area contributed by atoms with Gasteiger partial charge in [0.05, 0.1) is 11.5 Å². The first-order valence-corrected chi connectivity index (χ1v) is 10.8. The minimum absolute atomic E-state index is 0.109. The number of likely N-dealkylation sites (tertiary alicyclic amines) is 1. The van der Waals surface area contributed by atoms with Gasteiger partial charge in [0.15, 0.2) is 0 Å². The topological polar surface area (TPSA) is 66.9 Å². The zero-order valence-corrected chi connectivity index (χ0v) is 16.8. The number of benzene rings is 1. The molecule has 26 heavy (non-hydrogen) atoms. The summed E-state index contributed by atoms with van der Waals surface area (Å²) in [5, 5.41) is 0. The van der Waals surface area contributed by atoms with E-state index in [9.17, 15) is 13.2 Å². The predicted molar refractivity (Wildman–Crippen MR) is 102 cm³/mol. The van der Waals surface area contributed by atoms with Gasteiger partial charge >= 0.3 is 0 Å². The quantitative estimate of drug-likeness (QED) is 0.693. The van der Waals surface area contributed by atoms with Crippen LogP contribution in [0.1, 0.15) is 44.0 Å².